The first-order valence-corrected chi connectivity index (χ1v) is 7.29. The molecule has 0 atom stereocenters. The molecule has 4 nitrogen and oxygen atoms in total. The highest BCUT2D eigenvalue weighted by Gasteiger charge is 2.27. The van der Waals surface area contributed by atoms with Crippen LogP contribution < -0.4 is 9.64 Å². The Kier molecular flexibility index (Phi) is 4.35. The number of methoxy groups -OCH3 is 1. The topological polar surface area (TPSA) is 38.8 Å². The summed E-state index contributed by atoms with van der Waals surface area (Å²) < 4.78 is 12.0. The molecule has 0 fully saturated rings. The van der Waals surface area contributed by atoms with E-state index in [1.165, 1.54) is 0 Å². The monoisotopic (exact) mass is 375 g/mol. The Bertz CT molecular complexity index is 488. The van der Waals surface area contributed by atoms with Crippen LogP contribution in [0.5, 0.6) is 5.75 Å². The number of carbonyl (C=O) groups is 1. The van der Waals surface area contributed by atoms with Crippen LogP contribution in [0.3, 0.4) is 0 Å². The minimum Gasteiger partial charge on any atom is -0.482 e. The normalized spacial score (nSPS) is 15.2. The molecule has 0 spiro atoms. The standard InChI is InChI=1S/C14H18INO3/c1-14(2,18-3)6-7-16-11-5-4-10(15)8-12(11)19-9-13(16)17/h4-5,8H,6-7,9H2,1-3H3. The lowest BCUT2D eigenvalue weighted by Crippen LogP contribution is -2.41. The molecular weight excluding hydrogens is 357 g/mol. The number of fused-ring (bicyclic) bond motifs is 1. The zero-order valence-electron chi connectivity index (χ0n) is 11.4. The Labute approximate surface area is 127 Å². The predicted molar refractivity (Wildman–Crippen MR) is 82.7 cm³/mol. The summed E-state index contributed by atoms with van der Waals surface area (Å²) in [5.41, 5.74) is 0.616. The number of benzene rings is 1. The summed E-state index contributed by atoms with van der Waals surface area (Å²) in [6.45, 7) is 4.79. The number of hydrogen-bond acceptors (Lipinski definition) is 3. The molecule has 0 unspecified atom stereocenters. The van der Waals surface area contributed by atoms with Crippen molar-refractivity contribution < 1.29 is 14.3 Å². The number of anilines is 1. The lowest BCUT2D eigenvalue weighted by molar-refractivity contribution is -0.121. The van der Waals surface area contributed by atoms with E-state index in [1.807, 2.05) is 32.0 Å². The Hall–Kier alpha value is -0.820. The van der Waals surface area contributed by atoms with Crippen molar-refractivity contribution in [1.82, 2.24) is 0 Å². The van der Waals surface area contributed by atoms with Crippen LogP contribution in [-0.2, 0) is 9.53 Å². The number of rotatable bonds is 4. The Morgan fingerprint density at radius 1 is 1.47 bits per heavy atom. The maximum Gasteiger partial charge on any atom is 0.265 e. The van der Waals surface area contributed by atoms with E-state index in [0.717, 1.165) is 21.4 Å². The first kappa shape index (κ1) is 14.6. The quantitative estimate of drug-likeness (QED) is 0.760. The van der Waals surface area contributed by atoms with E-state index in [4.69, 9.17) is 9.47 Å². The minimum atomic E-state index is -0.234. The van der Waals surface area contributed by atoms with Crippen LogP contribution in [0.25, 0.3) is 0 Å². The second kappa shape index (κ2) is 5.66. The number of halogens is 1. The van der Waals surface area contributed by atoms with Gasteiger partial charge in [-0.25, -0.2) is 0 Å². The fourth-order valence-corrected chi connectivity index (χ4v) is 2.37. The highest BCUT2D eigenvalue weighted by Crippen LogP contribution is 2.34. The van der Waals surface area contributed by atoms with Gasteiger partial charge in [0.05, 0.1) is 11.3 Å². The zero-order valence-corrected chi connectivity index (χ0v) is 13.6. The van der Waals surface area contributed by atoms with Crippen molar-refractivity contribution in [2.45, 2.75) is 25.9 Å². The van der Waals surface area contributed by atoms with Gasteiger partial charge in [-0.15, -0.1) is 0 Å². The highest BCUT2D eigenvalue weighted by molar-refractivity contribution is 14.1. The van der Waals surface area contributed by atoms with Gasteiger partial charge in [-0.1, -0.05) is 0 Å². The third kappa shape index (κ3) is 3.39. The summed E-state index contributed by atoms with van der Waals surface area (Å²) in [7, 11) is 1.69. The number of carbonyl (C=O) groups excluding carboxylic acids is 1. The van der Waals surface area contributed by atoms with Gasteiger partial charge in [0, 0.05) is 17.2 Å². The maximum atomic E-state index is 12.0. The summed E-state index contributed by atoms with van der Waals surface area (Å²) in [5.74, 6) is 0.780. The lowest BCUT2D eigenvalue weighted by Gasteiger charge is -2.32. The fourth-order valence-electron chi connectivity index (χ4n) is 1.91. The molecule has 19 heavy (non-hydrogen) atoms. The van der Waals surface area contributed by atoms with E-state index >= 15 is 0 Å². The molecule has 0 saturated carbocycles. The molecule has 1 heterocycles. The summed E-state index contributed by atoms with van der Waals surface area (Å²) >= 11 is 2.23. The molecule has 2 rings (SSSR count). The minimum absolute atomic E-state index is 0.000566. The van der Waals surface area contributed by atoms with Crippen molar-refractivity contribution in [2.75, 3.05) is 25.2 Å². The van der Waals surface area contributed by atoms with E-state index < -0.39 is 0 Å². The molecule has 0 N–H and O–H groups in total. The molecule has 1 aliphatic heterocycles. The largest absolute Gasteiger partial charge is 0.482 e. The number of hydrogen-bond donors (Lipinski definition) is 0. The van der Waals surface area contributed by atoms with E-state index in [9.17, 15) is 4.79 Å². The van der Waals surface area contributed by atoms with Crippen LogP contribution in [0.4, 0.5) is 5.69 Å². The van der Waals surface area contributed by atoms with Gasteiger partial charge in [-0.3, -0.25) is 4.79 Å². The van der Waals surface area contributed by atoms with Gasteiger partial charge in [0.15, 0.2) is 6.61 Å². The van der Waals surface area contributed by atoms with Crippen LogP contribution in [0.2, 0.25) is 0 Å². The third-order valence-electron chi connectivity index (χ3n) is 3.35. The third-order valence-corrected chi connectivity index (χ3v) is 4.03. The Balaban J connectivity index is 2.19. The van der Waals surface area contributed by atoms with Crippen molar-refractivity contribution in [3.8, 4) is 5.75 Å². The molecule has 0 radical (unpaired) electrons. The van der Waals surface area contributed by atoms with Crippen LogP contribution in [-0.4, -0.2) is 31.8 Å². The molecular formula is C14H18INO3. The van der Waals surface area contributed by atoms with Crippen LogP contribution >= 0.6 is 22.6 Å². The second-order valence-corrected chi connectivity index (χ2v) is 6.41. The zero-order chi connectivity index (χ0) is 14.0. The van der Waals surface area contributed by atoms with Crippen molar-refractivity contribution in [1.29, 1.82) is 0 Å². The molecule has 104 valence electrons. The van der Waals surface area contributed by atoms with Crippen molar-refractivity contribution in [3.05, 3.63) is 21.8 Å². The molecule has 0 aliphatic carbocycles. The van der Waals surface area contributed by atoms with Crippen LogP contribution in [0.1, 0.15) is 20.3 Å². The van der Waals surface area contributed by atoms with Crippen molar-refractivity contribution in [2.24, 2.45) is 0 Å². The number of amides is 1. The molecule has 1 aliphatic rings. The molecule has 1 aromatic rings. The summed E-state index contributed by atoms with van der Waals surface area (Å²) in [4.78, 5) is 13.8. The highest BCUT2D eigenvalue weighted by atomic mass is 127. The predicted octanol–water partition coefficient (Wildman–Crippen LogP) is 2.83. The van der Waals surface area contributed by atoms with Crippen molar-refractivity contribution >= 4 is 34.2 Å². The fraction of sp³-hybridized carbons (Fsp3) is 0.500. The average Bonchev–Trinajstić information content (AvgIpc) is 2.38. The van der Waals surface area contributed by atoms with E-state index in [-0.39, 0.29) is 18.1 Å². The van der Waals surface area contributed by atoms with Gasteiger partial charge in [-0.05, 0) is 61.1 Å². The van der Waals surface area contributed by atoms with Gasteiger partial charge in [0.2, 0.25) is 0 Å². The molecule has 0 saturated heterocycles. The van der Waals surface area contributed by atoms with Gasteiger partial charge in [0.1, 0.15) is 5.75 Å². The Morgan fingerprint density at radius 3 is 2.89 bits per heavy atom. The second-order valence-electron chi connectivity index (χ2n) is 5.16. The molecule has 1 aromatic carbocycles. The van der Waals surface area contributed by atoms with Gasteiger partial charge < -0.3 is 14.4 Å². The maximum absolute atomic E-state index is 12.0. The molecule has 5 heteroatoms. The van der Waals surface area contributed by atoms with Gasteiger partial charge in [0.25, 0.3) is 5.91 Å². The Morgan fingerprint density at radius 2 is 2.21 bits per heavy atom. The summed E-state index contributed by atoms with van der Waals surface area (Å²) in [6.07, 6.45) is 0.778. The van der Waals surface area contributed by atoms with E-state index in [1.54, 1.807) is 12.0 Å². The smallest absolute Gasteiger partial charge is 0.265 e. The number of ether oxygens (including phenoxy) is 2. The first-order chi connectivity index (χ1) is 8.93. The first-order valence-electron chi connectivity index (χ1n) is 6.21. The van der Waals surface area contributed by atoms with Crippen molar-refractivity contribution in [3.63, 3.8) is 0 Å². The molecule has 0 aromatic heterocycles. The average molecular weight is 375 g/mol. The van der Waals surface area contributed by atoms with E-state index in [2.05, 4.69) is 22.6 Å². The van der Waals surface area contributed by atoms with Gasteiger partial charge in [-0.2, -0.15) is 0 Å². The SMILES string of the molecule is COC(C)(C)CCN1C(=O)COc2cc(I)ccc21. The van der Waals surface area contributed by atoms with Crippen LogP contribution in [0, 0.1) is 3.57 Å². The summed E-state index contributed by atoms with van der Waals surface area (Å²) in [6, 6.07) is 5.88. The molecule has 0 bridgehead atoms. The summed E-state index contributed by atoms with van der Waals surface area (Å²) in [5, 5.41) is 0. The van der Waals surface area contributed by atoms with Gasteiger partial charge >= 0.3 is 0 Å². The van der Waals surface area contributed by atoms with E-state index in [0.29, 0.717) is 6.54 Å². The van der Waals surface area contributed by atoms with Crippen LogP contribution in [0.15, 0.2) is 18.2 Å². The lowest BCUT2D eigenvalue weighted by atomic mass is 10.0. The molecule has 1 amide bonds. The number of nitrogens with zero attached hydrogens (tertiary/aromatic N) is 1.